The SMILES string of the molecule is COc1cc(C#N)ccc1CN(Nc1cc(=O)[nH]cc1C)c1cc(=O)[nH]cc1C. The number of aromatic nitrogens is 2. The lowest BCUT2D eigenvalue weighted by Gasteiger charge is -2.29. The normalized spacial score (nSPS) is 10.3. The predicted molar refractivity (Wildman–Crippen MR) is 111 cm³/mol. The van der Waals surface area contributed by atoms with Gasteiger partial charge in [0.1, 0.15) is 5.75 Å². The Morgan fingerprint density at radius 3 is 2.45 bits per heavy atom. The van der Waals surface area contributed by atoms with Gasteiger partial charge in [0.25, 0.3) is 0 Å². The first-order chi connectivity index (χ1) is 13.9. The number of ether oxygens (including phenoxy) is 1. The van der Waals surface area contributed by atoms with Crippen molar-refractivity contribution in [2.24, 2.45) is 0 Å². The molecule has 0 unspecified atom stereocenters. The number of hydrogen-bond donors (Lipinski definition) is 3. The van der Waals surface area contributed by atoms with Gasteiger partial charge >= 0.3 is 0 Å². The second-order valence-electron chi connectivity index (χ2n) is 6.60. The summed E-state index contributed by atoms with van der Waals surface area (Å²) in [6.07, 6.45) is 3.25. The molecule has 148 valence electrons. The van der Waals surface area contributed by atoms with Crippen molar-refractivity contribution in [3.8, 4) is 11.8 Å². The molecule has 0 aliphatic heterocycles. The summed E-state index contributed by atoms with van der Waals surface area (Å²) in [5, 5.41) is 10.9. The first kappa shape index (κ1) is 19.8. The largest absolute Gasteiger partial charge is 0.496 e. The smallest absolute Gasteiger partial charge is 0.250 e. The van der Waals surface area contributed by atoms with Crippen molar-refractivity contribution in [1.29, 1.82) is 5.26 Å². The summed E-state index contributed by atoms with van der Waals surface area (Å²) in [6.45, 7) is 4.06. The average Bonchev–Trinajstić information content (AvgIpc) is 2.72. The van der Waals surface area contributed by atoms with Crippen molar-refractivity contribution in [1.82, 2.24) is 9.97 Å². The van der Waals surface area contributed by atoms with Gasteiger partial charge in [-0.15, -0.1) is 0 Å². The summed E-state index contributed by atoms with van der Waals surface area (Å²) in [5.41, 5.74) is 7.00. The number of hydrogen-bond acceptors (Lipinski definition) is 6. The number of benzene rings is 1. The summed E-state index contributed by atoms with van der Waals surface area (Å²) in [5.74, 6) is 0.556. The lowest BCUT2D eigenvalue weighted by molar-refractivity contribution is 0.409. The lowest BCUT2D eigenvalue weighted by Crippen LogP contribution is -2.32. The van der Waals surface area contributed by atoms with Gasteiger partial charge in [-0.25, -0.2) is 0 Å². The van der Waals surface area contributed by atoms with Gasteiger partial charge < -0.3 is 14.7 Å². The number of pyridine rings is 2. The number of rotatable bonds is 6. The number of hydrazine groups is 1. The molecule has 0 spiro atoms. The van der Waals surface area contributed by atoms with E-state index < -0.39 is 0 Å². The van der Waals surface area contributed by atoms with Crippen LogP contribution in [0.5, 0.6) is 5.75 Å². The van der Waals surface area contributed by atoms with Crippen LogP contribution in [0.1, 0.15) is 22.3 Å². The van der Waals surface area contributed by atoms with Crippen molar-refractivity contribution >= 4 is 11.4 Å². The standard InChI is InChI=1S/C21H21N5O3/c1-13-10-23-20(27)7-17(13)25-26(18-8-21(28)24-11-14(18)2)12-16-5-4-15(9-22)6-19(16)29-3/h4-8,10-11H,12H2,1-3H3,(H,24,28)(H2,23,25,27). The molecule has 0 amide bonds. The van der Waals surface area contributed by atoms with E-state index in [1.54, 1.807) is 35.6 Å². The first-order valence-electron chi connectivity index (χ1n) is 8.91. The molecule has 0 radical (unpaired) electrons. The molecular formula is C21H21N5O3. The first-order valence-corrected chi connectivity index (χ1v) is 8.91. The van der Waals surface area contributed by atoms with Crippen LogP contribution in [0.4, 0.5) is 11.4 Å². The van der Waals surface area contributed by atoms with Gasteiger partial charge in [0.05, 0.1) is 36.7 Å². The number of aryl methyl sites for hydroxylation is 2. The molecule has 8 nitrogen and oxygen atoms in total. The topological polar surface area (TPSA) is 114 Å². The molecule has 29 heavy (non-hydrogen) atoms. The Hall–Kier alpha value is -3.99. The summed E-state index contributed by atoms with van der Waals surface area (Å²) < 4.78 is 5.44. The highest BCUT2D eigenvalue weighted by Crippen LogP contribution is 2.26. The van der Waals surface area contributed by atoms with E-state index >= 15 is 0 Å². The maximum atomic E-state index is 12.0. The third-order valence-corrected chi connectivity index (χ3v) is 4.52. The zero-order valence-electron chi connectivity index (χ0n) is 16.4. The molecule has 0 saturated carbocycles. The number of nitrogens with one attached hydrogen (secondary N) is 3. The number of nitriles is 1. The Balaban J connectivity index is 2.07. The summed E-state index contributed by atoms with van der Waals surface area (Å²) >= 11 is 0. The number of aromatic amines is 2. The van der Waals surface area contributed by atoms with Crippen LogP contribution < -0.4 is 26.3 Å². The van der Waals surface area contributed by atoms with Gasteiger partial charge in [-0.05, 0) is 37.1 Å². The van der Waals surface area contributed by atoms with Crippen LogP contribution >= 0.6 is 0 Å². The van der Waals surface area contributed by atoms with Crippen molar-refractivity contribution in [2.45, 2.75) is 20.4 Å². The van der Waals surface area contributed by atoms with E-state index in [0.29, 0.717) is 29.2 Å². The van der Waals surface area contributed by atoms with Crippen LogP contribution in [0.25, 0.3) is 0 Å². The monoisotopic (exact) mass is 391 g/mol. The molecule has 0 fully saturated rings. The minimum atomic E-state index is -0.244. The highest BCUT2D eigenvalue weighted by molar-refractivity contribution is 5.60. The Morgan fingerprint density at radius 2 is 1.76 bits per heavy atom. The summed E-state index contributed by atoms with van der Waals surface area (Å²) in [7, 11) is 1.54. The third kappa shape index (κ3) is 4.47. The van der Waals surface area contributed by atoms with E-state index in [1.807, 2.05) is 13.8 Å². The fraction of sp³-hybridized carbons (Fsp3) is 0.190. The van der Waals surface area contributed by atoms with Gasteiger partial charge in [0.2, 0.25) is 11.1 Å². The molecule has 1 aromatic carbocycles. The van der Waals surface area contributed by atoms with Gasteiger partial charge in [0, 0.05) is 30.1 Å². The van der Waals surface area contributed by atoms with Crippen molar-refractivity contribution in [3.63, 3.8) is 0 Å². The van der Waals surface area contributed by atoms with Crippen LogP contribution in [0, 0.1) is 25.2 Å². The highest BCUT2D eigenvalue weighted by atomic mass is 16.5. The van der Waals surface area contributed by atoms with Crippen LogP contribution in [-0.2, 0) is 6.54 Å². The molecule has 0 atom stereocenters. The van der Waals surface area contributed by atoms with Gasteiger partial charge in [-0.1, -0.05) is 6.07 Å². The Labute approximate surface area is 167 Å². The van der Waals surface area contributed by atoms with Gasteiger partial charge in [-0.2, -0.15) is 5.26 Å². The fourth-order valence-corrected chi connectivity index (χ4v) is 2.93. The Bertz CT molecular complexity index is 1190. The van der Waals surface area contributed by atoms with E-state index in [2.05, 4.69) is 21.5 Å². The maximum Gasteiger partial charge on any atom is 0.250 e. The van der Waals surface area contributed by atoms with E-state index in [0.717, 1.165) is 16.7 Å². The van der Waals surface area contributed by atoms with Crippen molar-refractivity contribution in [3.05, 3.63) is 85.7 Å². The minimum Gasteiger partial charge on any atom is -0.496 e. The van der Waals surface area contributed by atoms with E-state index in [9.17, 15) is 9.59 Å². The Morgan fingerprint density at radius 1 is 1.07 bits per heavy atom. The molecular weight excluding hydrogens is 370 g/mol. The number of H-pyrrole nitrogens is 2. The summed E-state index contributed by atoms with van der Waals surface area (Å²) in [4.78, 5) is 29.0. The molecule has 2 aromatic heterocycles. The molecule has 2 heterocycles. The van der Waals surface area contributed by atoms with E-state index in [4.69, 9.17) is 10.00 Å². The second kappa shape index (κ2) is 8.35. The van der Waals surface area contributed by atoms with E-state index in [1.165, 1.54) is 19.2 Å². The third-order valence-electron chi connectivity index (χ3n) is 4.52. The summed E-state index contributed by atoms with van der Waals surface area (Å²) in [6, 6.07) is 10.2. The number of nitrogens with zero attached hydrogens (tertiary/aromatic N) is 2. The molecule has 0 aliphatic rings. The lowest BCUT2D eigenvalue weighted by atomic mass is 10.1. The van der Waals surface area contributed by atoms with E-state index in [-0.39, 0.29) is 11.1 Å². The van der Waals surface area contributed by atoms with Crippen molar-refractivity contribution in [2.75, 3.05) is 17.5 Å². The Kier molecular flexibility index (Phi) is 5.69. The minimum absolute atomic E-state index is 0.239. The number of methoxy groups -OCH3 is 1. The van der Waals surface area contributed by atoms with Crippen LogP contribution in [0.2, 0.25) is 0 Å². The highest BCUT2D eigenvalue weighted by Gasteiger charge is 2.16. The molecule has 3 N–H and O–H groups in total. The number of anilines is 2. The maximum absolute atomic E-state index is 12.0. The van der Waals surface area contributed by atoms with Crippen LogP contribution in [0.15, 0.2) is 52.3 Å². The molecule has 3 aromatic rings. The van der Waals surface area contributed by atoms with Crippen molar-refractivity contribution < 1.29 is 4.74 Å². The zero-order valence-corrected chi connectivity index (χ0v) is 16.4. The van der Waals surface area contributed by atoms with Crippen LogP contribution in [-0.4, -0.2) is 17.1 Å². The second-order valence-corrected chi connectivity index (χ2v) is 6.60. The van der Waals surface area contributed by atoms with Gasteiger partial charge in [-0.3, -0.25) is 20.0 Å². The molecule has 3 rings (SSSR count). The fourth-order valence-electron chi connectivity index (χ4n) is 2.93. The van der Waals surface area contributed by atoms with Crippen LogP contribution in [0.3, 0.4) is 0 Å². The average molecular weight is 391 g/mol. The quantitative estimate of drug-likeness (QED) is 0.557. The zero-order chi connectivity index (χ0) is 21.0. The molecule has 0 bridgehead atoms. The molecule has 8 heteroatoms. The van der Waals surface area contributed by atoms with Gasteiger partial charge in [0.15, 0.2) is 0 Å². The predicted octanol–water partition coefficient (Wildman–Crippen LogP) is 2.59. The molecule has 0 aliphatic carbocycles. The molecule has 0 saturated heterocycles.